The Balaban J connectivity index is -0.000000245. The average Bonchev–Trinajstić information content (AvgIpc) is 1.83. The molecule has 0 spiro atoms. The lowest BCUT2D eigenvalue weighted by molar-refractivity contribution is 0.891. The van der Waals surface area contributed by atoms with Gasteiger partial charge in [-0.3, -0.25) is 0 Å². The highest BCUT2D eigenvalue weighted by Crippen LogP contribution is 2.30. The Morgan fingerprint density at radius 1 is 1.10 bits per heavy atom. The van der Waals surface area contributed by atoms with Crippen molar-refractivity contribution in [3.8, 4) is 0 Å². The van der Waals surface area contributed by atoms with E-state index in [0.717, 1.165) is 0 Å². The van der Waals surface area contributed by atoms with Gasteiger partial charge in [-0.2, -0.15) is 0 Å². The lowest BCUT2D eigenvalue weighted by Gasteiger charge is -2.05. The highest BCUT2D eigenvalue weighted by Gasteiger charge is 1.93. The molecule has 0 fully saturated rings. The number of rotatable bonds is 4. The summed E-state index contributed by atoms with van der Waals surface area (Å²) >= 11 is 0. The first-order valence-corrected chi connectivity index (χ1v) is 5.65. The van der Waals surface area contributed by atoms with Crippen molar-refractivity contribution in [3.63, 3.8) is 0 Å². The van der Waals surface area contributed by atoms with Gasteiger partial charge in [-0.1, -0.05) is 20.3 Å². The summed E-state index contributed by atoms with van der Waals surface area (Å²) in [5.74, 6) is 0. The molecule has 0 bridgehead atoms. The van der Waals surface area contributed by atoms with E-state index in [1.807, 2.05) is 0 Å². The lowest BCUT2D eigenvalue weighted by Crippen LogP contribution is -1.83. The SMILES string of the molecule is CCCCP(C)CC.Cl.Cl. The van der Waals surface area contributed by atoms with Gasteiger partial charge >= 0.3 is 0 Å². The van der Waals surface area contributed by atoms with E-state index in [9.17, 15) is 0 Å². The zero-order valence-corrected chi connectivity index (χ0v) is 9.62. The van der Waals surface area contributed by atoms with Crippen LogP contribution in [0.25, 0.3) is 0 Å². The van der Waals surface area contributed by atoms with Crippen molar-refractivity contribution < 1.29 is 0 Å². The van der Waals surface area contributed by atoms with Crippen molar-refractivity contribution in [3.05, 3.63) is 0 Å². The second-order valence-corrected chi connectivity index (χ2v) is 5.04. The quantitative estimate of drug-likeness (QED) is 0.613. The molecule has 1 atom stereocenters. The summed E-state index contributed by atoms with van der Waals surface area (Å²) in [5, 5.41) is 0. The molecule has 0 aromatic heterocycles. The number of unbranched alkanes of at least 4 members (excludes halogenated alkanes) is 1. The second kappa shape index (κ2) is 12.7. The van der Waals surface area contributed by atoms with Crippen molar-refractivity contribution in [2.75, 3.05) is 19.0 Å². The Kier molecular flexibility index (Phi) is 21.8. The van der Waals surface area contributed by atoms with Gasteiger partial charge in [-0.05, 0) is 25.4 Å². The molecule has 0 nitrogen and oxygen atoms in total. The summed E-state index contributed by atoms with van der Waals surface area (Å²) in [4.78, 5) is 0. The van der Waals surface area contributed by atoms with Crippen molar-refractivity contribution in [1.82, 2.24) is 0 Å². The molecule has 0 saturated heterocycles. The van der Waals surface area contributed by atoms with Gasteiger partial charge in [0.05, 0.1) is 0 Å². The molecule has 0 saturated carbocycles. The van der Waals surface area contributed by atoms with E-state index < -0.39 is 0 Å². The number of hydrogen-bond acceptors (Lipinski definition) is 0. The molecule has 1 unspecified atom stereocenters. The van der Waals surface area contributed by atoms with Crippen LogP contribution in [-0.4, -0.2) is 19.0 Å². The smallest absolute Gasteiger partial charge is 0.0329 e. The molecule has 0 aromatic rings. The minimum atomic E-state index is 0. The first-order chi connectivity index (χ1) is 3.81. The molecule has 0 N–H and O–H groups in total. The first kappa shape index (κ1) is 17.2. The average molecular weight is 205 g/mol. The summed E-state index contributed by atoms with van der Waals surface area (Å²) in [7, 11) is 0.416. The highest BCUT2D eigenvalue weighted by molar-refractivity contribution is 7.56. The molecule has 10 heavy (non-hydrogen) atoms. The molecular formula is C7H19Cl2P. The second-order valence-electron chi connectivity index (χ2n) is 2.25. The normalized spacial score (nSPS) is 11.1. The maximum Gasteiger partial charge on any atom is -0.0329 e. The van der Waals surface area contributed by atoms with E-state index in [0.29, 0.717) is 7.92 Å². The fourth-order valence-electron chi connectivity index (χ4n) is 0.586. The molecule has 0 rings (SSSR count). The van der Waals surface area contributed by atoms with Crippen molar-refractivity contribution in [2.45, 2.75) is 26.7 Å². The molecule has 0 heterocycles. The van der Waals surface area contributed by atoms with Crippen LogP contribution in [0, 0.1) is 0 Å². The van der Waals surface area contributed by atoms with Gasteiger partial charge in [0.1, 0.15) is 0 Å². The molecule has 0 radical (unpaired) electrons. The monoisotopic (exact) mass is 204 g/mol. The van der Waals surface area contributed by atoms with Crippen LogP contribution < -0.4 is 0 Å². The minimum absolute atomic E-state index is 0. The van der Waals surface area contributed by atoms with Crippen LogP contribution in [0.1, 0.15) is 26.7 Å². The fraction of sp³-hybridized carbons (Fsp3) is 1.00. The van der Waals surface area contributed by atoms with Gasteiger partial charge in [-0.15, -0.1) is 32.7 Å². The molecular weight excluding hydrogens is 186 g/mol. The Labute approximate surface area is 78.7 Å². The predicted molar refractivity (Wildman–Crippen MR) is 57.7 cm³/mol. The summed E-state index contributed by atoms with van der Waals surface area (Å²) in [5.41, 5.74) is 0. The highest BCUT2D eigenvalue weighted by atomic mass is 35.5. The van der Waals surface area contributed by atoms with Crippen molar-refractivity contribution in [2.24, 2.45) is 0 Å². The largest absolute Gasteiger partial charge is 0.147 e. The van der Waals surface area contributed by atoms with Crippen LogP contribution in [-0.2, 0) is 0 Å². The van der Waals surface area contributed by atoms with Crippen LogP contribution in [0.15, 0.2) is 0 Å². The van der Waals surface area contributed by atoms with E-state index in [-0.39, 0.29) is 24.8 Å². The van der Waals surface area contributed by atoms with Gasteiger partial charge in [0, 0.05) is 0 Å². The third-order valence-electron chi connectivity index (χ3n) is 1.43. The third-order valence-corrected chi connectivity index (χ3v) is 3.59. The Morgan fingerprint density at radius 2 is 1.60 bits per heavy atom. The third kappa shape index (κ3) is 11.8. The summed E-state index contributed by atoms with van der Waals surface area (Å²) < 4.78 is 0. The fourth-order valence-corrected chi connectivity index (χ4v) is 1.76. The molecule has 3 heteroatoms. The standard InChI is InChI=1S/C7H17P.2ClH/c1-4-6-7-8(3)5-2;;/h4-7H2,1-3H3;2*1H. The first-order valence-electron chi connectivity index (χ1n) is 3.49. The summed E-state index contributed by atoms with van der Waals surface area (Å²) in [6, 6.07) is 0. The van der Waals surface area contributed by atoms with Crippen LogP contribution in [0.4, 0.5) is 0 Å². The lowest BCUT2D eigenvalue weighted by atomic mass is 10.4. The molecule has 0 aliphatic rings. The predicted octanol–water partition coefficient (Wildman–Crippen LogP) is 3.76. The van der Waals surface area contributed by atoms with Crippen molar-refractivity contribution in [1.29, 1.82) is 0 Å². The number of hydrogen-bond donors (Lipinski definition) is 0. The topological polar surface area (TPSA) is 0 Å². The molecule has 0 amide bonds. The van der Waals surface area contributed by atoms with Gasteiger partial charge in [-0.25, -0.2) is 0 Å². The van der Waals surface area contributed by atoms with E-state index in [1.165, 1.54) is 25.2 Å². The van der Waals surface area contributed by atoms with Crippen LogP contribution in [0.3, 0.4) is 0 Å². The van der Waals surface area contributed by atoms with Gasteiger partial charge in [0.2, 0.25) is 0 Å². The summed E-state index contributed by atoms with van der Waals surface area (Å²) in [6.07, 6.45) is 5.71. The Hall–Kier alpha value is 1.01. The molecule has 0 aromatic carbocycles. The molecule has 0 aliphatic heterocycles. The van der Waals surface area contributed by atoms with E-state index in [4.69, 9.17) is 0 Å². The van der Waals surface area contributed by atoms with Crippen LogP contribution in [0.5, 0.6) is 0 Å². The van der Waals surface area contributed by atoms with Gasteiger partial charge in [0.15, 0.2) is 0 Å². The van der Waals surface area contributed by atoms with E-state index >= 15 is 0 Å². The van der Waals surface area contributed by atoms with E-state index in [2.05, 4.69) is 20.5 Å². The summed E-state index contributed by atoms with van der Waals surface area (Å²) in [6.45, 7) is 6.95. The van der Waals surface area contributed by atoms with Gasteiger partial charge in [0.25, 0.3) is 0 Å². The Morgan fingerprint density at radius 3 is 1.90 bits per heavy atom. The zero-order valence-electron chi connectivity index (χ0n) is 7.09. The molecule has 0 aliphatic carbocycles. The van der Waals surface area contributed by atoms with E-state index in [1.54, 1.807) is 0 Å². The zero-order chi connectivity index (χ0) is 6.41. The van der Waals surface area contributed by atoms with Gasteiger partial charge < -0.3 is 0 Å². The number of halogens is 2. The van der Waals surface area contributed by atoms with Crippen LogP contribution in [0.2, 0.25) is 0 Å². The minimum Gasteiger partial charge on any atom is -0.147 e. The Bertz CT molecular complexity index is 50.9. The molecule has 66 valence electrons. The maximum atomic E-state index is 2.39. The van der Waals surface area contributed by atoms with Crippen LogP contribution >= 0.6 is 32.7 Å². The maximum absolute atomic E-state index is 2.39. The van der Waals surface area contributed by atoms with Crippen molar-refractivity contribution >= 4 is 32.7 Å².